The van der Waals surface area contributed by atoms with Crippen LogP contribution in [0.4, 0.5) is 5.69 Å². The van der Waals surface area contributed by atoms with Gasteiger partial charge in [-0.15, -0.1) is 0 Å². The van der Waals surface area contributed by atoms with Gasteiger partial charge in [-0.1, -0.05) is 13.3 Å². The molecule has 0 bridgehead atoms. The van der Waals surface area contributed by atoms with Gasteiger partial charge in [-0.25, -0.2) is 0 Å². The summed E-state index contributed by atoms with van der Waals surface area (Å²) < 4.78 is 5.17. The van der Waals surface area contributed by atoms with Gasteiger partial charge in [0.15, 0.2) is 0 Å². The van der Waals surface area contributed by atoms with E-state index in [1.54, 1.807) is 27.2 Å². The van der Waals surface area contributed by atoms with Crippen LogP contribution >= 0.6 is 0 Å². The van der Waals surface area contributed by atoms with E-state index in [0.717, 1.165) is 18.5 Å². The molecule has 6 nitrogen and oxygen atoms in total. The predicted octanol–water partition coefficient (Wildman–Crippen LogP) is 2.51. The number of aromatic nitrogens is 1. The molecule has 0 aliphatic carbocycles. The van der Waals surface area contributed by atoms with Crippen molar-refractivity contribution < 1.29 is 9.66 Å². The Morgan fingerprint density at radius 1 is 1.50 bits per heavy atom. The fourth-order valence-corrected chi connectivity index (χ4v) is 2.26. The first-order chi connectivity index (χ1) is 9.51. The van der Waals surface area contributed by atoms with Crippen LogP contribution in [-0.4, -0.2) is 29.7 Å². The van der Waals surface area contributed by atoms with Crippen LogP contribution in [0.2, 0.25) is 0 Å². The van der Waals surface area contributed by atoms with Crippen molar-refractivity contribution in [3.05, 3.63) is 33.1 Å². The van der Waals surface area contributed by atoms with E-state index in [1.807, 2.05) is 0 Å². The van der Waals surface area contributed by atoms with Crippen molar-refractivity contribution >= 4 is 5.69 Å². The number of nitrogens with zero attached hydrogens (tertiary/aromatic N) is 2. The molecule has 1 aromatic heterocycles. The van der Waals surface area contributed by atoms with Crippen LogP contribution in [0.1, 0.15) is 36.6 Å². The zero-order valence-corrected chi connectivity index (χ0v) is 12.6. The van der Waals surface area contributed by atoms with Crippen molar-refractivity contribution in [3.63, 3.8) is 0 Å². The first-order valence-corrected chi connectivity index (χ1v) is 6.83. The van der Waals surface area contributed by atoms with Crippen LogP contribution in [0.25, 0.3) is 0 Å². The first kappa shape index (κ1) is 16.5. The van der Waals surface area contributed by atoms with Crippen molar-refractivity contribution in [2.45, 2.75) is 46.2 Å². The van der Waals surface area contributed by atoms with Gasteiger partial charge in [0.05, 0.1) is 17.2 Å². The predicted molar refractivity (Wildman–Crippen MR) is 77.8 cm³/mol. The Labute approximate surface area is 119 Å². The Bertz CT molecular complexity index is 457. The van der Waals surface area contributed by atoms with E-state index in [-0.39, 0.29) is 16.7 Å². The highest BCUT2D eigenvalue weighted by Crippen LogP contribution is 2.23. The number of hydrogen-bond donors (Lipinski definition) is 1. The molecule has 0 aliphatic rings. The van der Waals surface area contributed by atoms with Crippen molar-refractivity contribution in [3.8, 4) is 0 Å². The molecule has 0 amide bonds. The molecule has 0 radical (unpaired) electrons. The molecule has 6 heteroatoms. The quantitative estimate of drug-likeness (QED) is 0.585. The van der Waals surface area contributed by atoms with Crippen molar-refractivity contribution in [1.29, 1.82) is 0 Å². The Kier molecular flexibility index (Phi) is 6.54. The monoisotopic (exact) mass is 281 g/mol. The molecule has 0 aliphatic heterocycles. The zero-order chi connectivity index (χ0) is 15.1. The molecule has 0 aromatic carbocycles. The largest absolute Gasteiger partial charge is 0.383 e. The minimum absolute atomic E-state index is 0.163. The maximum Gasteiger partial charge on any atom is 0.278 e. The Morgan fingerprint density at radius 2 is 2.20 bits per heavy atom. The molecule has 112 valence electrons. The van der Waals surface area contributed by atoms with Gasteiger partial charge in [0.2, 0.25) is 0 Å². The summed E-state index contributed by atoms with van der Waals surface area (Å²) in [6.07, 6.45) is 3.62. The molecule has 1 heterocycles. The van der Waals surface area contributed by atoms with E-state index in [1.165, 1.54) is 0 Å². The fourth-order valence-electron chi connectivity index (χ4n) is 2.26. The second-order valence-electron chi connectivity index (χ2n) is 4.94. The molecular weight excluding hydrogens is 258 g/mol. The fraction of sp³-hybridized carbons (Fsp3) is 0.643. The molecule has 0 saturated heterocycles. The Balaban J connectivity index is 2.82. The van der Waals surface area contributed by atoms with Crippen LogP contribution < -0.4 is 5.32 Å². The third kappa shape index (κ3) is 4.25. The minimum Gasteiger partial charge on any atom is -0.383 e. The molecule has 1 N–H and O–H groups in total. The first-order valence-electron chi connectivity index (χ1n) is 6.83. The van der Waals surface area contributed by atoms with E-state index < -0.39 is 0 Å². The maximum atomic E-state index is 11.1. The van der Waals surface area contributed by atoms with E-state index >= 15 is 0 Å². The average Bonchev–Trinajstić information content (AvgIpc) is 2.37. The number of hydrogen-bond acceptors (Lipinski definition) is 5. The lowest BCUT2D eigenvalue weighted by Gasteiger charge is -2.17. The number of ether oxygens (including phenoxy) is 1. The summed E-state index contributed by atoms with van der Waals surface area (Å²) >= 11 is 0. The third-order valence-electron chi connectivity index (χ3n) is 3.32. The SMILES string of the molecule is CCCC(COC)NCc1ncc(C)c([N+](=O)[O-])c1C. The Hall–Kier alpha value is -1.53. The van der Waals surface area contributed by atoms with Gasteiger partial charge in [-0.3, -0.25) is 15.1 Å². The van der Waals surface area contributed by atoms with Gasteiger partial charge in [0.25, 0.3) is 5.69 Å². The van der Waals surface area contributed by atoms with E-state index in [9.17, 15) is 10.1 Å². The van der Waals surface area contributed by atoms with Crippen LogP contribution in [0, 0.1) is 24.0 Å². The molecule has 1 rings (SSSR count). The van der Waals surface area contributed by atoms with Crippen molar-refractivity contribution in [2.75, 3.05) is 13.7 Å². The van der Waals surface area contributed by atoms with E-state index in [0.29, 0.717) is 24.3 Å². The van der Waals surface area contributed by atoms with Gasteiger partial charge in [0.1, 0.15) is 0 Å². The minimum atomic E-state index is -0.339. The van der Waals surface area contributed by atoms with Crippen LogP contribution in [0.5, 0.6) is 0 Å². The molecular formula is C14H23N3O3. The molecule has 0 spiro atoms. The van der Waals surface area contributed by atoms with Crippen LogP contribution in [0.15, 0.2) is 6.20 Å². The lowest BCUT2D eigenvalue weighted by molar-refractivity contribution is -0.386. The summed E-state index contributed by atoms with van der Waals surface area (Å²) in [5.74, 6) is 0. The second-order valence-corrected chi connectivity index (χ2v) is 4.94. The number of pyridine rings is 1. The molecule has 1 aromatic rings. The maximum absolute atomic E-state index is 11.1. The number of methoxy groups -OCH3 is 1. The highest BCUT2D eigenvalue weighted by molar-refractivity contribution is 5.47. The Morgan fingerprint density at radius 3 is 2.75 bits per heavy atom. The van der Waals surface area contributed by atoms with Gasteiger partial charge < -0.3 is 10.1 Å². The number of aryl methyl sites for hydroxylation is 1. The number of nitrogens with one attached hydrogen (secondary N) is 1. The smallest absolute Gasteiger partial charge is 0.278 e. The summed E-state index contributed by atoms with van der Waals surface area (Å²) in [5.41, 5.74) is 2.11. The van der Waals surface area contributed by atoms with Gasteiger partial charge >= 0.3 is 0 Å². The second kappa shape index (κ2) is 7.91. The molecule has 1 atom stereocenters. The third-order valence-corrected chi connectivity index (χ3v) is 3.32. The normalized spacial score (nSPS) is 12.4. The standard InChI is InChI=1S/C14H23N3O3/c1-5-6-12(9-20-4)15-8-13-11(3)14(17(18)19)10(2)7-16-13/h7,12,15H,5-6,8-9H2,1-4H3. The van der Waals surface area contributed by atoms with Gasteiger partial charge in [-0.2, -0.15) is 0 Å². The van der Waals surface area contributed by atoms with Gasteiger partial charge in [0, 0.05) is 37.0 Å². The summed E-state index contributed by atoms with van der Waals surface area (Å²) in [5, 5.41) is 14.4. The summed E-state index contributed by atoms with van der Waals surface area (Å²) in [4.78, 5) is 15.0. The molecule has 0 saturated carbocycles. The summed E-state index contributed by atoms with van der Waals surface area (Å²) in [6.45, 7) is 6.72. The van der Waals surface area contributed by atoms with Gasteiger partial charge in [-0.05, 0) is 20.3 Å². The highest BCUT2D eigenvalue weighted by atomic mass is 16.6. The number of rotatable bonds is 8. The molecule has 0 fully saturated rings. The zero-order valence-electron chi connectivity index (χ0n) is 12.6. The van der Waals surface area contributed by atoms with E-state index in [4.69, 9.17) is 4.74 Å². The topological polar surface area (TPSA) is 77.3 Å². The summed E-state index contributed by atoms with van der Waals surface area (Å²) in [7, 11) is 1.67. The van der Waals surface area contributed by atoms with Crippen molar-refractivity contribution in [1.82, 2.24) is 10.3 Å². The lowest BCUT2D eigenvalue weighted by atomic mass is 10.1. The molecule has 1 unspecified atom stereocenters. The van der Waals surface area contributed by atoms with E-state index in [2.05, 4.69) is 17.2 Å². The molecule has 20 heavy (non-hydrogen) atoms. The van der Waals surface area contributed by atoms with Crippen LogP contribution in [0.3, 0.4) is 0 Å². The number of nitro groups is 1. The average molecular weight is 281 g/mol. The van der Waals surface area contributed by atoms with Crippen LogP contribution in [-0.2, 0) is 11.3 Å². The lowest BCUT2D eigenvalue weighted by Crippen LogP contribution is -2.33. The highest BCUT2D eigenvalue weighted by Gasteiger charge is 2.19. The van der Waals surface area contributed by atoms with Crippen molar-refractivity contribution in [2.24, 2.45) is 0 Å². The summed E-state index contributed by atoms with van der Waals surface area (Å²) in [6, 6.07) is 0.242.